The van der Waals surface area contributed by atoms with Crippen LogP contribution in [0.1, 0.15) is 17.1 Å². The summed E-state index contributed by atoms with van der Waals surface area (Å²) in [5, 5.41) is 6.18. The number of nitrogens with one attached hydrogen (secondary N) is 1. The predicted octanol–water partition coefficient (Wildman–Crippen LogP) is 4.43. The molecule has 31 heavy (non-hydrogen) atoms. The van der Waals surface area contributed by atoms with Gasteiger partial charge in [-0.25, -0.2) is 4.98 Å². The number of nitrogens with zero attached hydrogens (tertiary/aromatic N) is 4. The summed E-state index contributed by atoms with van der Waals surface area (Å²) in [4.78, 5) is 19.8. The maximum atomic E-state index is 12.6. The van der Waals surface area contributed by atoms with E-state index in [-0.39, 0.29) is 18.2 Å². The van der Waals surface area contributed by atoms with Crippen LogP contribution in [0.25, 0.3) is 17.1 Å². The quantitative estimate of drug-likeness (QED) is 0.509. The second-order valence-electron chi connectivity index (χ2n) is 6.83. The molecule has 2 heterocycles. The fourth-order valence-electron chi connectivity index (χ4n) is 2.84. The van der Waals surface area contributed by atoms with Crippen LogP contribution < -0.4 is 5.32 Å². The van der Waals surface area contributed by atoms with Crippen LogP contribution in [0.5, 0.6) is 0 Å². The lowest BCUT2D eigenvalue weighted by atomic mass is 10.2. The Morgan fingerprint density at radius 2 is 1.81 bits per heavy atom. The second-order valence-corrected chi connectivity index (χ2v) is 6.83. The number of hydrogen-bond donors (Lipinski definition) is 1. The van der Waals surface area contributed by atoms with Gasteiger partial charge in [-0.2, -0.15) is 18.2 Å². The molecule has 0 radical (unpaired) electrons. The molecule has 0 unspecified atom stereocenters. The lowest BCUT2D eigenvalue weighted by molar-refractivity contribution is -0.159. The van der Waals surface area contributed by atoms with Crippen molar-refractivity contribution < 1.29 is 22.5 Å². The number of imidazole rings is 1. The molecule has 0 saturated carbocycles. The molecule has 2 aromatic heterocycles. The Morgan fingerprint density at radius 3 is 2.45 bits per heavy atom. The molecule has 2 aromatic carbocycles. The zero-order chi connectivity index (χ0) is 22.0. The Hall–Kier alpha value is -3.95. The SMILES string of the molecule is Cc1ccc(NC(=O)Cc2cn(-c3ccc(-c4noc(C(F)(F)F)n4)cc3)cn2)cc1. The molecule has 0 atom stereocenters. The topological polar surface area (TPSA) is 85.8 Å². The number of amides is 1. The Labute approximate surface area is 174 Å². The van der Waals surface area contributed by atoms with E-state index < -0.39 is 12.1 Å². The number of hydrogen-bond acceptors (Lipinski definition) is 5. The van der Waals surface area contributed by atoms with Gasteiger partial charge in [-0.05, 0) is 43.3 Å². The van der Waals surface area contributed by atoms with Crippen molar-refractivity contribution in [3.63, 3.8) is 0 Å². The average Bonchev–Trinajstić information content (AvgIpc) is 3.40. The fourth-order valence-corrected chi connectivity index (χ4v) is 2.84. The molecule has 0 aliphatic heterocycles. The number of aromatic nitrogens is 4. The fraction of sp³-hybridized carbons (Fsp3) is 0.143. The first-order chi connectivity index (χ1) is 14.8. The van der Waals surface area contributed by atoms with Gasteiger partial charge in [0.15, 0.2) is 0 Å². The van der Waals surface area contributed by atoms with Gasteiger partial charge in [0.05, 0.1) is 18.4 Å². The maximum absolute atomic E-state index is 12.6. The molecule has 0 bridgehead atoms. The molecular weight excluding hydrogens is 411 g/mol. The number of rotatable bonds is 5. The first-order valence-electron chi connectivity index (χ1n) is 9.19. The van der Waals surface area contributed by atoms with Crippen molar-refractivity contribution in [1.82, 2.24) is 19.7 Å². The molecule has 0 fully saturated rings. The van der Waals surface area contributed by atoms with Crippen LogP contribution >= 0.6 is 0 Å². The number of carbonyl (C=O) groups excluding carboxylic acids is 1. The Bertz CT molecular complexity index is 1190. The van der Waals surface area contributed by atoms with Crippen LogP contribution in [0.4, 0.5) is 18.9 Å². The lowest BCUT2D eigenvalue weighted by Crippen LogP contribution is -2.14. The van der Waals surface area contributed by atoms with Crippen LogP contribution in [-0.2, 0) is 17.4 Å². The summed E-state index contributed by atoms with van der Waals surface area (Å²) < 4.78 is 43.7. The Balaban J connectivity index is 1.42. The van der Waals surface area contributed by atoms with E-state index in [0.717, 1.165) is 5.56 Å². The first kappa shape index (κ1) is 20.3. The molecular formula is C21H16F3N5O2. The van der Waals surface area contributed by atoms with E-state index in [1.807, 2.05) is 31.2 Å². The van der Waals surface area contributed by atoms with Crippen molar-refractivity contribution in [1.29, 1.82) is 0 Å². The van der Waals surface area contributed by atoms with Crippen LogP contribution in [0, 0.1) is 6.92 Å². The predicted molar refractivity (Wildman–Crippen MR) is 105 cm³/mol. The normalized spacial score (nSPS) is 11.5. The molecule has 10 heteroatoms. The van der Waals surface area contributed by atoms with Gasteiger partial charge in [0.1, 0.15) is 0 Å². The van der Waals surface area contributed by atoms with Gasteiger partial charge < -0.3 is 14.4 Å². The highest BCUT2D eigenvalue weighted by atomic mass is 19.4. The van der Waals surface area contributed by atoms with Crippen molar-refractivity contribution in [2.75, 3.05) is 5.32 Å². The number of benzene rings is 2. The first-order valence-corrected chi connectivity index (χ1v) is 9.19. The van der Waals surface area contributed by atoms with Gasteiger partial charge in [0, 0.05) is 23.1 Å². The highest BCUT2D eigenvalue weighted by Gasteiger charge is 2.38. The van der Waals surface area contributed by atoms with Crippen LogP contribution in [0.3, 0.4) is 0 Å². The summed E-state index contributed by atoms with van der Waals surface area (Å²) in [6.45, 7) is 1.97. The van der Waals surface area contributed by atoms with Crippen molar-refractivity contribution in [3.8, 4) is 17.1 Å². The van der Waals surface area contributed by atoms with E-state index in [1.54, 1.807) is 41.4 Å². The van der Waals surface area contributed by atoms with Crippen LogP contribution in [0.15, 0.2) is 65.6 Å². The van der Waals surface area contributed by atoms with Crippen molar-refractivity contribution >= 4 is 11.6 Å². The number of anilines is 1. The van der Waals surface area contributed by atoms with Gasteiger partial charge in [0.2, 0.25) is 11.7 Å². The minimum atomic E-state index is -4.69. The molecule has 7 nitrogen and oxygen atoms in total. The zero-order valence-corrected chi connectivity index (χ0v) is 16.2. The van der Waals surface area contributed by atoms with E-state index >= 15 is 0 Å². The van der Waals surface area contributed by atoms with Gasteiger partial charge in [-0.1, -0.05) is 22.9 Å². The van der Waals surface area contributed by atoms with E-state index in [1.165, 1.54) is 0 Å². The van der Waals surface area contributed by atoms with Gasteiger partial charge in [0.25, 0.3) is 0 Å². The number of carbonyl (C=O) groups is 1. The van der Waals surface area contributed by atoms with Crippen molar-refractivity contribution in [3.05, 3.63) is 78.2 Å². The summed E-state index contributed by atoms with van der Waals surface area (Å²) in [6, 6.07) is 14.0. The van der Waals surface area contributed by atoms with Crippen molar-refractivity contribution in [2.24, 2.45) is 0 Å². The number of halogens is 3. The molecule has 0 saturated heterocycles. The van der Waals surface area contributed by atoms with Crippen LogP contribution in [-0.4, -0.2) is 25.6 Å². The number of aryl methyl sites for hydroxylation is 1. The maximum Gasteiger partial charge on any atom is 0.471 e. The summed E-state index contributed by atoms with van der Waals surface area (Å²) in [7, 11) is 0. The molecule has 4 aromatic rings. The van der Waals surface area contributed by atoms with E-state index in [2.05, 4.69) is 25.0 Å². The summed E-state index contributed by atoms with van der Waals surface area (Å²) in [5.41, 5.74) is 3.46. The Morgan fingerprint density at radius 1 is 1.10 bits per heavy atom. The van der Waals surface area contributed by atoms with Crippen molar-refractivity contribution in [2.45, 2.75) is 19.5 Å². The van der Waals surface area contributed by atoms with E-state index in [4.69, 9.17) is 0 Å². The van der Waals surface area contributed by atoms with Crippen LogP contribution in [0.2, 0.25) is 0 Å². The van der Waals surface area contributed by atoms with E-state index in [0.29, 0.717) is 22.6 Å². The highest BCUT2D eigenvalue weighted by Crippen LogP contribution is 2.29. The van der Waals surface area contributed by atoms with Gasteiger partial charge in [-0.15, -0.1) is 0 Å². The molecule has 1 amide bonds. The smallest absolute Gasteiger partial charge is 0.329 e. The summed E-state index contributed by atoms with van der Waals surface area (Å²) in [6.07, 6.45) is -1.33. The second kappa shape index (κ2) is 8.05. The summed E-state index contributed by atoms with van der Waals surface area (Å²) >= 11 is 0. The lowest BCUT2D eigenvalue weighted by Gasteiger charge is -2.04. The molecule has 4 rings (SSSR count). The molecule has 1 N–H and O–H groups in total. The minimum absolute atomic E-state index is 0.0992. The third kappa shape index (κ3) is 4.80. The zero-order valence-electron chi connectivity index (χ0n) is 16.2. The van der Waals surface area contributed by atoms with Gasteiger partial charge in [-0.3, -0.25) is 4.79 Å². The van der Waals surface area contributed by atoms with E-state index in [9.17, 15) is 18.0 Å². The number of alkyl halides is 3. The highest BCUT2D eigenvalue weighted by molar-refractivity contribution is 5.92. The third-order valence-electron chi connectivity index (χ3n) is 4.41. The summed E-state index contributed by atoms with van der Waals surface area (Å²) in [5.74, 6) is -1.74. The monoisotopic (exact) mass is 427 g/mol. The molecule has 158 valence electrons. The molecule has 0 aliphatic rings. The standard InChI is InChI=1S/C21H16F3N5O2/c1-13-2-6-15(7-3-13)26-18(30)10-16-11-29(12-25-16)17-8-4-14(5-9-17)19-27-20(31-28-19)21(22,23)24/h2-9,11-12H,10H2,1H3,(H,26,30). The Kier molecular flexibility index (Phi) is 5.28. The largest absolute Gasteiger partial charge is 0.471 e. The average molecular weight is 427 g/mol. The minimum Gasteiger partial charge on any atom is -0.329 e. The molecule has 0 spiro atoms. The molecule has 0 aliphatic carbocycles. The third-order valence-corrected chi connectivity index (χ3v) is 4.41. The van der Waals surface area contributed by atoms with Gasteiger partial charge >= 0.3 is 12.1 Å².